The van der Waals surface area contributed by atoms with Crippen molar-refractivity contribution < 1.29 is 14.3 Å². The second-order valence-electron chi connectivity index (χ2n) is 4.96. The predicted octanol–water partition coefficient (Wildman–Crippen LogP) is 3.99. The minimum Gasteiger partial charge on any atom is -0.493 e. The minimum absolute atomic E-state index is 0.141. The number of halogens is 1. The van der Waals surface area contributed by atoms with Crippen LogP contribution in [0.5, 0.6) is 11.5 Å². The number of hydrogen-bond donors (Lipinski definition) is 1. The zero-order valence-electron chi connectivity index (χ0n) is 14.0. The van der Waals surface area contributed by atoms with Crippen LogP contribution >= 0.6 is 23.4 Å². The molecule has 0 aliphatic carbocycles. The normalized spacial score (nSPS) is 10.7. The fourth-order valence-electron chi connectivity index (χ4n) is 1.96. The summed E-state index contributed by atoms with van der Waals surface area (Å²) < 4.78 is 10.4. The van der Waals surface area contributed by atoms with Crippen molar-refractivity contribution >= 4 is 35.5 Å². The quantitative estimate of drug-likeness (QED) is 0.428. The van der Waals surface area contributed by atoms with Gasteiger partial charge in [-0.1, -0.05) is 11.6 Å². The van der Waals surface area contributed by atoms with Gasteiger partial charge in [-0.2, -0.15) is 5.10 Å². The van der Waals surface area contributed by atoms with E-state index in [0.29, 0.717) is 28.7 Å². The van der Waals surface area contributed by atoms with E-state index in [0.717, 1.165) is 10.5 Å². The van der Waals surface area contributed by atoms with Gasteiger partial charge in [-0.25, -0.2) is 5.43 Å². The molecule has 25 heavy (non-hydrogen) atoms. The monoisotopic (exact) mass is 378 g/mol. The largest absolute Gasteiger partial charge is 0.493 e. The summed E-state index contributed by atoms with van der Waals surface area (Å²) in [4.78, 5) is 12.9. The summed E-state index contributed by atoms with van der Waals surface area (Å²) in [6, 6.07) is 12.9. The molecule has 1 amide bonds. The molecule has 0 radical (unpaired) electrons. The van der Waals surface area contributed by atoms with Gasteiger partial charge in [0.15, 0.2) is 11.5 Å². The van der Waals surface area contributed by atoms with Crippen molar-refractivity contribution in [2.75, 3.05) is 20.0 Å². The van der Waals surface area contributed by atoms with Crippen LogP contribution in [0.1, 0.15) is 12.0 Å². The molecular formula is C18H19ClN2O3S. The minimum atomic E-state index is -0.141. The number of carbonyl (C=O) groups is 1. The highest BCUT2D eigenvalue weighted by atomic mass is 35.5. The second kappa shape index (κ2) is 9.96. The number of rotatable bonds is 8. The lowest BCUT2D eigenvalue weighted by Crippen LogP contribution is -2.17. The van der Waals surface area contributed by atoms with E-state index in [2.05, 4.69) is 10.5 Å². The summed E-state index contributed by atoms with van der Waals surface area (Å²) in [6.07, 6.45) is 1.93. The van der Waals surface area contributed by atoms with Gasteiger partial charge < -0.3 is 9.47 Å². The molecular weight excluding hydrogens is 360 g/mol. The van der Waals surface area contributed by atoms with E-state index >= 15 is 0 Å². The van der Waals surface area contributed by atoms with Crippen molar-refractivity contribution in [3.05, 3.63) is 53.1 Å². The molecule has 2 aromatic carbocycles. The third kappa shape index (κ3) is 6.32. The molecule has 0 aliphatic heterocycles. The summed E-state index contributed by atoms with van der Waals surface area (Å²) >= 11 is 7.43. The van der Waals surface area contributed by atoms with Gasteiger partial charge in [0.05, 0.1) is 20.4 Å². The summed E-state index contributed by atoms with van der Waals surface area (Å²) in [5, 5.41) is 4.66. The molecule has 0 heterocycles. The topological polar surface area (TPSA) is 59.9 Å². The number of ether oxygens (including phenoxy) is 2. The maximum Gasteiger partial charge on any atom is 0.240 e. The van der Waals surface area contributed by atoms with Crippen molar-refractivity contribution in [1.29, 1.82) is 0 Å². The zero-order valence-corrected chi connectivity index (χ0v) is 15.6. The van der Waals surface area contributed by atoms with Crippen molar-refractivity contribution in [3.63, 3.8) is 0 Å². The van der Waals surface area contributed by atoms with Crippen LogP contribution in [0.15, 0.2) is 52.5 Å². The van der Waals surface area contributed by atoms with E-state index in [9.17, 15) is 4.79 Å². The summed E-state index contributed by atoms with van der Waals surface area (Å²) in [6.45, 7) is 0. The molecule has 0 aliphatic rings. The smallest absolute Gasteiger partial charge is 0.240 e. The Hall–Kier alpha value is -2.18. The Morgan fingerprint density at radius 2 is 1.88 bits per heavy atom. The van der Waals surface area contributed by atoms with Crippen molar-refractivity contribution in [2.45, 2.75) is 11.3 Å². The average molecular weight is 379 g/mol. The zero-order chi connectivity index (χ0) is 18.1. The molecule has 132 valence electrons. The Balaban J connectivity index is 1.77. The summed E-state index contributed by atoms with van der Waals surface area (Å²) in [7, 11) is 3.15. The van der Waals surface area contributed by atoms with Crippen molar-refractivity contribution in [1.82, 2.24) is 5.43 Å². The van der Waals surface area contributed by atoms with Gasteiger partial charge in [-0.15, -0.1) is 11.8 Å². The number of hydrogen-bond acceptors (Lipinski definition) is 5. The first-order chi connectivity index (χ1) is 12.1. The average Bonchev–Trinajstić information content (AvgIpc) is 2.63. The molecule has 0 saturated heterocycles. The van der Waals surface area contributed by atoms with Crippen LogP contribution in [0.4, 0.5) is 0 Å². The first kappa shape index (κ1) is 19.1. The van der Waals surface area contributed by atoms with Gasteiger partial charge in [0.25, 0.3) is 0 Å². The first-order valence-corrected chi connectivity index (χ1v) is 8.91. The molecule has 7 heteroatoms. The summed E-state index contributed by atoms with van der Waals surface area (Å²) in [5.41, 5.74) is 3.32. The van der Waals surface area contributed by atoms with Crippen LogP contribution in [-0.2, 0) is 4.79 Å². The maximum atomic E-state index is 11.8. The van der Waals surface area contributed by atoms with Gasteiger partial charge in [0.1, 0.15) is 0 Å². The number of carbonyl (C=O) groups excluding carboxylic acids is 1. The molecule has 1 N–H and O–H groups in total. The Morgan fingerprint density at radius 1 is 1.16 bits per heavy atom. The van der Waals surface area contributed by atoms with Gasteiger partial charge in [-0.3, -0.25) is 4.79 Å². The molecule has 2 rings (SSSR count). The number of hydrazone groups is 1. The molecule has 0 unspecified atom stereocenters. The highest BCUT2D eigenvalue weighted by Crippen LogP contribution is 2.26. The first-order valence-electron chi connectivity index (χ1n) is 7.54. The lowest BCUT2D eigenvalue weighted by atomic mass is 10.2. The summed E-state index contributed by atoms with van der Waals surface area (Å²) in [5.74, 6) is 1.78. The van der Waals surface area contributed by atoms with Crippen LogP contribution in [-0.4, -0.2) is 32.1 Å². The van der Waals surface area contributed by atoms with Crippen molar-refractivity contribution in [3.8, 4) is 11.5 Å². The van der Waals surface area contributed by atoms with Crippen LogP contribution in [0.3, 0.4) is 0 Å². The Kier molecular flexibility index (Phi) is 7.63. The van der Waals surface area contributed by atoms with E-state index in [4.69, 9.17) is 21.1 Å². The molecule has 5 nitrogen and oxygen atoms in total. The van der Waals surface area contributed by atoms with Gasteiger partial charge in [-0.05, 0) is 48.0 Å². The van der Waals surface area contributed by atoms with E-state index in [1.165, 1.54) is 0 Å². The highest BCUT2D eigenvalue weighted by Gasteiger charge is 2.04. The number of nitrogens with zero attached hydrogens (tertiary/aromatic N) is 1. The van der Waals surface area contributed by atoms with E-state index in [-0.39, 0.29) is 5.91 Å². The van der Waals surface area contributed by atoms with Gasteiger partial charge >= 0.3 is 0 Å². The van der Waals surface area contributed by atoms with E-state index < -0.39 is 0 Å². The molecule has 0 spiro atoms. The molecule has 0 saturated carbocycles. The number of methoxy groups -OCH3 is 2. The predicted molar refractivity (Wildman–Crippen MR) is 102 cm³/mol. The van der Waals surface area contributed by atoms with Crippen molar-refractivity contribution in [2.24, 2.45) is 5.10 Å². The third-order valence-electron chi connectivity index (χ3n) is 3.22. The highest BCUT2D eigenvalue weighted by molar-refractivity contribution is 7.99. The fraction of sp³-hybridized carbons (Fsp3) is 0.222. The molecule has 0 fully saturated rings. The van der Waals surface area contributed by atoms with E-state index in [1.54, 1.807) is 44.3 Å². The molecule has 2 aromatic rings. The van der Waals surface area contributed by atoms with Gasteiger partial charge in [0.2, 0.25) is 5.91 Å². The number of thioether (sulfide) groups is 1. The standard InChI is InChI=1S/C18H19ClN2O3S/c1-23-16-8-3-13(11-17(16)24-2)12-20-21-18(22)9-10-25-15-6-4-14(19)5-7-15/h3-8,11-12H,9-10H2,1-2H3,(H,21,22)/b20-12+. The molecule has 0 bridgehead atoms. The maximum absolute atomic E-state index is 11.8. The van der Waals surface area contributed by atoms with Gasteiger partial charge in [0, 0.05) is 22.1 Å². The van der Waals surface area contributed by atoms with E-state index in [1.807, 2.05) is 30.3 Å². The number of nitrogens with one attached hydrogen (secondary N) is 1. The third-order valence-corrected chi connectivity index (χ3v) is 4.49. The number of amides is 1. The Bertz CT molecular complexity index is 736. The number of benzene rings is 2. The lowest BCUT2D eigenvalue weighted by Gasteiger charge is -2.07. The van der Waals surface area contributed by atoms with Crippen LogP contribution < -0.4 is 14.9 Å². The Morgan fingerprint density at radius 3 is 2.56 bits per heavy atom. The van der Waals surface area contributed by atoms with Crippen LogP contribution in [0, 0.1) is 0 Å². The Labute approximate surface area is 156 Å². The molecule has 0 aromatic heterocycles. The lowest BCUT2D eigenvalue weighted by molar-refractivity contribution is -0.120. The fourth-order valence-corrected chi connectivity index (χ4v) is 2.94. The second-order valence-corrected chi connectivity index (χ2v) is 6.56. The molecule has 0 atom stereocenters. The van der Waals surface area contributed by atoms with Crippen LogP contribution in [0.25, 0.3) is 0 Å². The SMILES string of the molecule is COc1ccc(/C=N/NC(=O)CCSc2ccc(Cl)cc2)cc1OC. The van der Waals surface area contributed by atoms with Crippen LogP contribution in [0.2, 0.25) is 5.02 Å².